The maximum absolute atomic E-state index is 9.76. The van der Waals surface area contributed by atoms with Crippen LogP contribution in [0.3, 0.4) is 0 Å². The summed E-state index contributed by atoms with van der Waals surface area (Å²) in [7, 11) is 3.50. The highest BCUT2D eigenvalue weighted by Crippen LogP contribution is 2.37. The van der Waals surface area contributed by atoms with Crippen LogP contribution < -0.4 is 19.3 Å². The molecule has 186 valence electrons. The number of pyridine rings is 2. The molecular weight excluding hydrogens is 444 g/mol. The SMILES string of the molecule is COc1ccc(N(Cc2cccnc2)c2ccc(N(C)CC(O)CO)nc2)cc1OC1CCCC1. The van der Waals surface area contributed by atoms with Crippen LogP contribution in [-0.4, -0.2) is 59.7 Å². The molecule has 1 aliphatic rings. The van der Waals surface area contributed by atoms with Crippen LogP contribution in [0.2, 0.25) is 0 Å². The van der Waals surface area contributed by atoms with E-state index in [-0.39, 0.29) is 12.7 Å². The van der Waals surface area contributed by atoms with Gasteiger partial charge in [0, 0.05) is 44.3 Å². The number of likely N-dealkylation sites (N-methyl/N-ethyl adjacent to an activating group) is 1. The first-order chi connectivity index (χ1) is 17.1. The second-order valence-electron chi connectivity index (χ2n) is 8.90. The van der Waals surface area contributed by atoms with Crippen LogP contribution in [0.1, 0.15) is 31.2 Å². The maximum atomic E-state index is 9.76. The molecule has 1 atom stereocenters. The first-order valence-corrected chi connectivity index (χ1v) is 12.0. The summed E-state index contributed by atoms with van der Waals surface area (Å²) in [6.45, 7) is 0.607. The summed E-state index contributed by atoms with van der Waals surface area (Å²) >= 11 is 0. The Balaban J connectivity index is 1.64. The molecule has 3 aromatic rings. The quantitative estimate of drug-likeness (QED) is 0.428. The van der Waals surface area contributed by atoms with Gasteiger partial charge >= 0.3 is 0 Å². The molecule has 4 rings (SSSR count). The molecule has 1 aromatic carbocycles. The van der Waals surface area contributed by atoms with Gasteiger partial charge in [-0.25, -0.2) is 4.98 Å². The minimum atomic E-state index is -0.818. The van der Waals surface area contributed by atoms with E-state index >= 15 is 0 Å². The van der Waals surface area contributed by atoms with Crippen LogP contribution in [-0.2, 0) is 6.54 Å². The summed E-state index contributed by atoms with van der Waals surface area (Å²) in [5, 5.41) is 18.9. The molecule has 0 amide bonds. The van der Waals surface area contributed by atoms with Crippen LogP contribution in [0.4, 0.5) is 17.2 Å². The number of aromatic nitrogens is 2. The van der Waals surface area contributed by atoms with Gasteiger partial charge in [0.2, 0.25) is 0 Å². The summed E-state index contributed by atoms with van der Waals surface area (Å²) in [6, 6.07) is 13.9. The number of rotatable bonds is 11. The van der Waals surface area contributed by atoms with Gasteiger partial charge < -0.3 is 29.5 Å². The molecule has 1 aliphatic carbocycles. The number of hydrogen-bond acceptors (Lipinski definition) is 8. The van der Waals surface area contributed by atoms with Crippen molar-refractivity contribution < 1.29 is 19.7 Å². The van der Waals surface area contributed by atoms with Crippen molar-refractivity contribution in [3.05, 3.63) is 66.6 Å². The average molecular weight is 479 g/mol. The van der Waals surface area contributed by atoms with E-state index in [4.69, 9.17) is 14.6 Å². The van der Waals surface area contributed by atoms with Crippen molar-refractivity contribution >= 4 is 17.2 Å². The molecule has 2 aromatic heterocycles. The molecule has 0 spiro atoms. The molecule has 35 heavy (non-hydrogen) atoms. The zero-order valence-corrected chi connectivity index (χ0v) is 20.4. The summed E-state index contributed by atoms with van der Waals surface area (Å²) in [4.78, 5) is 12.9. The highest BCUT2D eigenvalue weighted by Gasteiger charge is 2.20. The van der Waals surface area contributed by atoms with Crippen molar-refractivity contribution in [1.29, 1.82) is 0 Å². The van der Waals surface area contributed by atoms with Crippen LogP contribution >= 0.6 is 0 Å². The molecule has 8 nitrogen and oxygen atoms in total. The third-order valence-electron chi connectivity index (χ3n) is 6.25. The minimum absolute atomic E-state index is 0.219. The van der Waals surface area contributed by atoms with Gasteiger partial charge in [-0.2, -0.15) is 0 Å². The predicted octanol–water partition coefficient (Wildman–Crippen LogP) is 3.93. The fraction of sp³-hybridized carbons (Fsp3) is 0.407. The van der Waals surface area contributed by atoms with Gasteiger partial charge in [0.25, 0.3) is 0 Å². The van der Waals surface area contributed by atoms with Crippen molar-refractivity contribution in [2.24, 2.45) is 0 Å². The Morgan fingerprint density at radius 2 is 1.86 bits per heavy atom. The number of anilines is 3. The minimum Gasteiger partial charge on any atom is -0.493 e. The van der Waals surface area contributed by atoms with Crippen molar-refractivity contribution in [3.63, 3.8) is 0 Å². The van der Waals surface area contributed by atoms with Crippen LogP contribution in [0.5, 0.6) is 11.5 Å². The Hall–Kier alpha value is -3.36. The Morgan fingerprint density at radius 1 is 1.06 bits per heavy atom. The summed E-state index contributed by atoms with van der Waals surface area (Å²) in [5.41, 5.74) is 2.93. The van der Waals surface area contributed by atoms with Gasteiger partial charge in [-0.1, -0.05) is 6.07 Å². The Labute approximate surface area is 206 Å². The lowest BCUT2D eigenvalue weighted by molar-refractivity contribution is 0.101. The van der Waals surface area contributed by atoms with E-state index in [2.05, 4.69) is 14.9 Å². The number of methoxy groups -OCH3 is 1. The second kappa shape index (κ2) is 11.9. The molecule has 8 heteroatoms. The summed E-state index contributed by atoms with van der Waals surface area (Å²) in [6.07, 6.45) is 9.36. The standard InChI is InChI=1S/C27H34N4O4/c1-30(18-23(33)19-32)27-12-10-22(16-29-27)31(17-20-6-5-13-28-15-20)21-9-11-25(34-2)26(14-21)35-24-7-3-4-8-24/h5-6,9-16,23-24,32-33H,3-4,7-8,17-19H2,1-2H3. The molecule has 0 saturated heterocycles. The van der Waals surface area contributed by atoms with E-state index in [9.17, 15) is 5.11 Å². The third kappa shape index (κ3) is 6.41. The first-order valence-electron chi connectivity index (χ1n) is 12.0. The first kappa shape index (κ1) is 24.8. The van der Waals surface area contributed by atoms with Crippen molar-refractivity contribution in [3.8, 4) is 11.5 Å². The fourth-order valence-corrected chi connectivity index (χ4v) is 4.35. The number of aliphatic hydroxyl groups is 2. The molecule has 1 fully saturated rings. The van der Waals surface area contributed by atoms with Gasteiger partial charge in [-0.3, -0.25) is 4.98 Å². The molecule has 0 bridgehead atoms. The zero-order chi connectivity index (χ0) is 24.6. The topological polar surface area (TPSA) is 91.2 Å². The van der Waals surface area contributed by atoms with Crippen molar-refractivity contribution in [2.45, 2.75) is 44.4 Å². The van der Waals surface area contributed by atoms with E-state index in [0.717, 1.165) is 41.3 Å². The molecule has 2 heterocycles. The molecular formula is C27H34N4O4. The van der Waals surface area contributed by atoms with E-state index in [1.54, 1.807) is 13.3 Å². The van der Waals surface area contributed by atoms with Gasteiger partial charge in [0.05, 0.1) is 37.8 Å². The molecule has 1 saturated carbocycles. The highest BCUT2D eigenvalue weighted by molar-refractivity contribution is 5.67. The van der Waals surface area contributed by atoms with Crippen LogP contribution in [0.25, 0.3) is 0 Å². The number of ether oxygens (including phenoxy) is 2. The molecule has 1 unspecified atom stereocenters. The van der Waals surface area contributed by atoms with Crippen molar-refractivity contribution in [2.75, 3.05) is 37.1 Å². The number of benzene rings is 1. The van der Waals surface area contributed by atoms with Gasteiger partial charge in [0.1, 0.15) is 5.82 Å². The lowest BCUT2D eigenvalue weighted by Gasteiger charge is -2.27. The zero-order valence-electron chi connectivity index (χ0n) is 20.4. The fourth-order valence-electron chi connectivity index (χ4n) is 4.35. The smallest absolute Gasteiger partial charge is 0.163 e. The van der Waals surface area contributed by atoms with E-state index in [1.165, 1.54) is 12.8 Å². The summed E-state index contributed by atoms with van der Waals surface area (Å²) in [5.74, 6) is 2.18. The van der Waals surface area contributed by atoms with Crippen molar-refractivity contribution in [1.82, 2.24) is 9.97 Å². The molecule has 0 aliphatic heterocycles. The number of hydrogen-bond donors (Lipinski definition) is 2. The number of nitrogens with zero attached hydrogens (tertiary/aromatic N) is 4. The van der Waals surface area contributed by atoms with Gasteiger partial charge in [-0.15, -0.1) is 0 Å². The van der Waals surface area contributed by atoms with Crippen LogP contribution in [0, 0.1) is 0 Å². The molecule has 0 radical (unpaired) electrons. The van der Waals surface area contributed by atoms with E-state index < -0.39 is 6.10 Å². The normalized spacial score (nSPS) is 14.5. The lowest BCUT2D eigenvalue weighted by Crippen LogP contribution is -2.31. The molecule has 2 N–H and O–H groups in total. The third-order valence-corrected chi connectivity index (χ3v) is 6.25. The number of aliphatic hydroxyl groups excluding tert-OH is 2. The highest BCUT2D eigenvalue weighted by atomic mass is 16.5. The van der Waals surface area contributed by atoms with Gasteiger partial charge in [0.15, 0.2) is 11.5 Å². The predicted molar refractivity (Wildman–Crippen MR) is 137 cm³/mol. The largest absolute Gasteiger partial charge is 0.493 e. The Kier molecular flexibility index (Phi) is 8.39. The second-order valence-corrected chi connectivity index (χ2v) is 8.90. The van der Waals surface area contributed by atoms with E-state index in [1.807, 2.05) is 66.8 Å². The maximum Gasteiger partial charge on any atom is 0.163 e. The van der Waals surface area contributed by atoms with E-state index in [0.29, 0.717) is 18.9 Å². The van der Waals surface area contributed by atoms with Crippen LogP contribution in [0.15, 0.2) is 61.1 Å². The summed E-state index contributed by atoms with van der Waals surface area (Å²) < 4.78 is 11.9. The Bertz CT molecular complexity index is 1060. The monoisotopic (exact) mass is 478 g/mol. The lowest BCUT2D eigenvalue weighted by atomic mass is 10.2. The Morgan fingerprint density at radius 3 is 2.51 bits per heavy atom. The van der Waals surface area contributed by atoms with Gasteiger partial charge in [-0.05, 0) is 61.6 Å². The average Bonchev–Trinajstić information content (AvgIpc) is 3.41.